The number of rotatable bonds is 5. The molecule has 15 heavy (non-hydrogen) atoms. The Morgan fingerprint density at radius 1 is 1.40 bits per heavy atom. The highest BCUT2D eigenvalue weighted by Crippen LogP contribution is 2.16. The first kappa shape index (κ1) is 12.0. The third kappa shape index (κ3) is 4.30. The van der Waals surface area contributed by atoms with Gasteiger partial charge in [-0.2, -0.15) is 0 Å². The number of phenols is 1. The molecule has 0 saturated carbocycles. The highest BCUT2D eigenvalue weighted by molar-refractivity contribution is 5.28. The lowest BCUT2D eigenvalue weighted by atomic mass is 10.1. The molecule has 2 nitrogen and oxygen atoms in total. The van der Waals surface area contributed by atoms with Gasteiger partial charge < -0.3 is 10.4 Å². The molecule has 0 spiro atoms. The molecular formula is C12H18FNO. The fourth-order valence-corrected chi connectivity index (χ4v) is 1.61. The first-order chi connectivity index (χ1) is 7.11. The van der Waals surface area contributed by atoms with Crippen LogP contribution >= 0.6 is 0 Å². The monoisotopic (exact) mass is 211 g/mol. The molecule has 3 heteroatoms. The minimum absolute atomic E-state index is 0.00102. The Kier molecular flexibility index (Phi) is 4.56. The lowest BCUT2D eigenvalue weighted by molar-refractivity contribution is 0.466. The molecule has 0 radical (unpaired) electrons. The summed E-state index contributed by atoms with van der Waals surface area (Å²) in [5.74, 6) is -0.373. The first-order valence-electron chi connectivity index (χ1n) is 5.33. The van der Waals surface area contributed by atoms with Crippen LogP contribution in [0.5, 0.6) is 5.75 Å². The van der Waals surface area contributed by atoms with Gasteiger partial charge in [0.1, 0.15) is 11.6 Å². The second-order valence-electron chi connectivity index (χ2n) is 3.82. The number of nitrogens with one attached hydrogen (secondary N) is 1. The first-order valence-corrected chi connectivity index (χ1v) is 5.33. The second kappa shape index (κ2) is 5.71. The van der Waals surface area contributed by atoms with Gasteiger partial charge in [-0.25, -0.2) is 4.39 Å². The molecule has 1 aromatic carbocycles. The zero-order valence-corrected chi connectivity index (χ0v) is 9.26. The minimum Gasteiger partial charge on any atom is -0.508 e. The molecule has 0 bridgehead atoms. The quantitative estimate of drug-likeness (QED) is 0.784. The molecular weight excluding hydrogens is 193 g/mol. The SMILES string of the molecule is CCNC(C)CCc1cc(O)cc(F)c1. The van der Waals surface area contributed by atoms with Crippen molar-refractivity contribution in [3.63, 3.8) is 0 Å². The number of hydrogen-bond acceptors (Lipinski definition) is 2. The van der Waals surface area contributed by atoms with Gasteiger partial charge in [-0.15, -0.1) is 0 Å². The Bertz CT molecular complexity index is 294. The van der Waals surface area contributed by atoms with Crippen LogP contribution in [0.15, 0.2) is 18.2 Å². The van der Waals surface area contributed by atoms with Crippen molar-refractivity contribution < 1.29 is 9.50 Å². The molecule has 1 aromatic rings. The molecule has 0 saturated heterocycles. The molecule has 0 fully saturated rings. The van der Waals surface area contributed by atoms with E-state index in [9.17, 15) is 9.50 Å². The Balaban J connectivity index is 2.50. The van der Waals surface area contributed by atoms with Crippen LogP contribution in [0.2, 0.25) is 0 Å². The van der Waals surface area contributed by atoms with Crippen molar-refractivity contribution in [1.29, 1.82) is 0 Å². The predicted molar refractivity (Wildman–Crippen MR) is 59.5 cm³/mol. The van der Waals surface area contributed by atoms with E-state index >= 15 is 0 Å². The van der Waals surface area contributed by atoms with Gasteiger partial charge in [0.05, 0.1) is 0 Å². The van der Waals surface area contributed by atoms with E-state index < -0.39 is 0 Å². The summed E-state index contributed by atoms with van der Waals surface area (Å²) in [4.78, 5) is 0. The van der Waals surface area contributed by atoms with Gasteiger partial charge in [0.15, 0.2) is 0 Å². The van der Waals surface area contributed by atoms with E-state index in [-0.39, 0.29) is 11.6 Å². The standard InChI is InChI=1S/C12H18FNO/c1-3-14-9(2)4-5-10-6-11(13)8-12(15)7-10/h6-9,14-15H,3-5H2,1-2H3. The highest BCUT2D eigenvalue weighted by Gasteiger charge is 2.03. The lowest BCUT2D eigenvalue weighted by Crippen LogP contribution is -2.25. The Morgan fingerprint density at radius 2 is 2.13 bits per heavy atom. The highest BCUT2D eigenvalue weighted by atomic mass is 19.1. The third-order valence-corrected chi connectivity index (χ3v) is 2.36. The van der Waals surface area contributed by atoms with Gasteiger partial charge in [0.25, 0.3) is 0 Å². The van der Waals surface area contributed by atoms with Crippen LogP contribution in [0.4, 0.5) is 4.39 Å². The van der Waals surface area contributed by atoms with Gasteiger partial charge in [-0.05, 0) is 44.0 Å². The van der Waals surface area contributed by atoms with Gasteiger partial charge >= 0.3 is 0 Å². The van der Waals surface area contributed by atoms with E-state index in [1.807, 2.05) is 0 Å². The molecule has 0 aliphatic rings. The second-order valence-corrected chi connectivity index (χ2v) is 3.82. The average Bonchev–Trinajstić information content (AvgIpc) is 2.14. The molecule has 0 heterocycles. The molecule has 1 atom stereocenters. The zero-order chi connectivity index (χ0) is 11.3. The number of hydrogen-bond donors (Lipinski definition) is 2. The number of phenolic OH excluding ortho intramolecular Hbond substituents is 1. The van der Waals surface area contributed by atoms with Gasteiger partial charge in [-0.3, -0.25) is 0 Å². The molecule has 2 N–H and O–H groups in total. The van der Waals surface area contributed by atoms with E-state index in [1.165, 1.54) is 6.07 Å². The van der Waals surface area contributed by atoms with Crippen molar-refractivity contribution in [2.24, 2.45) is 0 Å². The predicted octanol–water partition coefficient (Wildman–Crippen LogP) is 2.46. The summed E-state index contributed by atoms with van der Waals surface area (Å²) in [7, 11) is 0. The maximum atomic E-state index is 12.9. The van der Waals surface area contributed by atoms with Crippen molar-refractivity contribution in [2.75, 3.05) is 6.54 Å². The largest absolute Gasteiger partial charge is 0.508 e. The van der Waals surface area contributed by atoms with E-state index in [0.717, 1.165) is 31.0 Å². The zero-order valence-electron chi connectivity index (χ0n) is 9.26. The minimum atomic E-state index is -0.374. The molecule has 0 aliphatic heterocycles. The molecule has 1 rings (SSSR count). The molecule has 1 unspecified atom stereocenters. The fraction of sp³-hybridized carbons (Fsp3) is 0.500. The smallest absolute Gasteiger partial charge is 0.127 e. The molecule has 84 valence electrons. The van der Waals surface area contributed by atoms with Crippen molar-refractivity contribution in [3.05, 3.63) is 29.6 Å². The van der Waals surface area contributed by atoms with Crippen molar-refractivity contribution in [1.82, 2.24) is 5.32 Å². The van der Waals surface area contributed by atoms with Crippen molar-refractivity contribution in [2.45, 2.75) is 32.7 Å². The van der Waals surface area contributed by atoms with Crippen LogP contribution in [0.1, 0.15) is 25.8 Å². The summed E-state index contributed by atoms with van der Waals surface area (Å²) in [5.41, 5.74) is 0.845. The number of halogens is 1. The lowest BCUT2D eigenvalue weighted by Gasteiger charge is -2.11. The average molecular weight is 211 g/mol. The Morgan fingerprint density at radius 3 is 2.73 bits per heavy atom. The van der Waals surface area contributed by atoms with Crippen LogP contribution in [0.3, 0.4) is 0 Å². The summed E-state index contributed by atoms with van der Waals surface area (Å²) in [6.45, 7) is 5.10. The topological polar surface area (TPSA) is 32.3 Å². The van der Waals surface area contributed by atoms with Crippen molar-refractivity contribution in [3.8, 4) is 5.75 Å². The van der Waals surface area contributed by atoms with E-state index in [0.29, 0.717) is 6.04 Å². The van der Waals surface area contributed by atoms with Crippen LogP contribution in [-0.4, -0.2) is 17.7 Å². The van der Waals surface area contributed by atoms with Crippen LogP contribution in [0, 0.1) is 5.82 Å². The fourth-order valence-electron chi connectivity index (χ4n) is 1.61. The summed E-state index contributed by atoms with van der Waals surface area (Å²) < 4.78 is 12.9. The maximum absolute atomic E-state index is 12.9. The normalized spacial score (nSPS) is 12.7. The summed E-state index contributed by atoms with van der Waals surface area (Å²) >= 11 is 0. The summed E-state index contributed by atoms with van der Waals surface area (Å²) in [5, 5.41) is 12.5. The van der Waals surface area contributed by atoms with Gasteiger partial charge in [0.2, 0.25) is 0 Å². The third-order valence-electron chi connectivity index (χ3n) is 2.36. The van der Waals surface area contributed by atoms with Crippen LogP contribution < -0.4 is 5.32 Å². The summed E-state index contributed by atoms with van der Waals surface area (Å²) in [6, 6.07) is 4.62. The van der Waals surface area contributed by atoms with E-state index in [4.69, 9.17) is 0 Å². The van der Waals surface area contributed by atoms with Gasteiger partial charge in [-0.1, -0.05) is 6.92 Å². The Labute approximate surface area is 90.1 Å². The Hall–Kier alpha value is -1.09. The maximum Gasteiger partial charge on any atom is 0.127 e. The molecule has 0 aromatic heterocycles. The van der Waals surface area contributed by atoms with E-state index in [2.05, 4.69) is 19.2 Å². The number of aromatic hydroxyl groups is 1. The van der Waals surface area contributed by atoms with Gasteiger partial charge in [0, 0.05) is 12.1 Å². The molecule has 0 amide bonds. The van der Waals surface area contributed by atoms with E-state index in [1.54, 1.807) is 6.07 Å². The van der Waals surface area contributed by atoms with Crippen LogP contribution in [-0.2, 0) is 6.42 Å². The van der Waals surface area contributed by atoms with Crippen LogP contribution in [0.25, 0.3) is 0 Å². The molecule has 0 aliphatic carbocycles. The number of benzene rings is 1. The van der Waals surface area contributed by atoms with Crippen molar-refractivity contribution >= 4 is 0 Å². The summed E-state index contributed by atoms with van der Waals surface area (Å²) in [6.07, 6.45) is 1.72. The number of aryl methyl sites for hydroxylation is 1.